The number of hydrogen-bond acceptors (Lipinski definition) is 2. The Hall–Kier alpha value is -1.54. The summed E-state index contributed by atoms with van der Waals surface area (Å²) in [6, 6.07) is 14.8. The highest BCUT2D eigenvalue weighted by atomic mass is 16.3. The summed E-state index contributed by atoms with van der Waals surface area (Å²) in [6.07, 6.45) is 1.13. The van der Waals surface area contributed by atoms with Crippen LogP contribution in [0.5, 0.6) is 0 Å². The van der Waals surface area contributed by atoms with E-state index in [-0.39, 0.29) is 0 Å². The molecule has 1 heterocycles. The zero-order valence-electron chi connectivity index (χ0n) is 10.4. The maximum absolute atomic E-state index is 5.80. The van der Waals surface area contributed by atoms with Crippen molar-refractivity contribution < 1.29 is 4.42 Å². The average molecular weight is 229 g/mol. The Morgan fingerprint density at radius 1 is 1.12 bits per heavy atom. The van der Waals surface area contributed by atoms with Gasteiger partial charge in [0.05, 0.1) is 6.54 Å². The van der Waals surface area contributed by atoms with Crippen molar-refractivity contribution in [3.8, 4) is 11.3 Å². The lowest BCUT2D eigenvalue weighted by molar-refractivity contribution is 0.457. The van der Waals surface area contributed by atoms with Crippen LogP contribution in [-0.2, 0) is 6.54 Å². The molecule has 17 heavy (non-hydrogen) atoms. The number of nitrogens with one attached hydrogen (secondary N) is 1. The lowest BCUT2D eigenvalue weighted by atomic mass is 10.2. The fourth-order valence-electron chi connectivity index (χ4n) is 1.65. The molecule has 2 aromatic rings. The van der Waals surface area contributed by atoms with E-state index < -0.39 is 0 Å². The Kier molecular flexibility index (Phi) is 3.99. The summed E-state index contributed by atoms with van der Waals surface area (Å²) in [6.45, 7) is 5.15. The maximum Gasteiger partial charge on any atom is 0.134 e. The molecule has 0 unspecified atom stereocenters. The predicted octanol–water partition coefficient (Wildman–Crippen LogP) is 3.83. The van der Waals surface area contributed by atoms with Gasteiger partial charge in [0.2, 0.25) is 0 Å². The van der Waals surface area contributed by atoms with Gasteiger partial charge in [0, 0.05) is 11.6 Å². The van der Waals surface area contributed by atoms with Crippen molar-refractivity contribution in [3.63, 3.8) is 0 Å². The van der Waals surface area contributed by atoms with Crippen LogP contribution in [-0.4, -0.2) is 6.04 Å². The Morgan fingerprint density at radius 3 is 2.59 bits per heavy atom. The normalized spacial score (nSPS) is 12.6. The molecule has 2 nitrogen and oxygen atoms in total. The second-order valence-electron chi connectivity index (χ2n) is 4.32. The van der Waals surface area contributed by atoms with Crippen molar-refractivity contribution in [1.82, 2.24) is 5.32 Å². The third-order valence-electron chi connectivity index (χ3n) is 2.96. The fraction of sp³-hybridized carbons (Fsp3) is 0.333. The molecular formula is C15H19NO. The van der Waals surface area contributed by atoms with E-state index >= 15 is 0 Å². The Bertz CT molecular complexity index is 447. The number of benzene rings is 1. The SMILES string of the molecule is CC[C@H](C)NCc1ccc(-c2ccccc2)o1. The summed E-state index contributed by atoms with van der Waals surface area (Å²) in [4.78, 5) is 0. The smallest absolute Gasteiger partial charge is 0.134 e. The molecule has 0 aliphatic carbocycles. The van der Waals surface area contributed by atoms with Crippen LogP contribution >= 0.6 is 0 Å². The van der Waals surface area contributed by atoms with E-state index in [1.54, 1.807) is 0 Å². The van der Waals surface area contributed by atoms with E-state index in [0.717, 1.165) is 30.0 Å². The van der Waals surface area contributed by atoms with Crippen molar-refractivity contribution in [3.05, 3.63) is 48.2 Å². The summed E-state index contributed by atoms with van der Waals surface area (Å²) >= 11 is 0. The van der Waals surface area contributed by atoms with Gasteiger partial charge in [-0.1, -0.05) is 37.3 Å². The van der Waals surface area contributed by atoms with Crippen molar-refractivity contribution in [2.45, 2.75) is 32.9 Å². The number of furan rings is 1. The Labute approximate surface area is 103 Å². The van der Waals surface area contributed by atoms with Crippen LogP contribution in [0.3, 0.4) is 0 Å². The van der Waals surface area contributed by atoms with E-state index in [2.05, 4.69) is 31.3 Å². The third-order valence-corrected chi connectivity index (χ3v) is 2.96. The largest absolute Gasteiger partial charge is 0.460 e. The first-order valence-electron chi connectivity index (χ1n) is 6.17. The molecule has 2 heteroatoms. The van der Waals surface area contributed by atoms with Crippen LogP contribution in [0.1, 0.15) is 26.0 Å². The summed E-state index contributed by atoms with van der Waals surface area (Å²) in [5.41, 5.74) is 1.13. The lowest BCUT2D eigenvalue weighted by Crippen LogP contribution is -2.24. The molecule has 0 radical (unpaired) electrons. The standard InChI is InChI=1S/C15H19NO/c1-3-12(2)16-11-14-9-10-15(17-14)13-7-5-4-6-8-13/h4-10,12,16H,3,11H2,1-2H3/t12-/m0/s1. The molecule has 0 aliphatic heterocycles. The minimum absolute atomic E-state index is 0.528. The van der Waals surface area contributed by atoms with Crippen molar-refractivity contribution in [1.29, 1.82) is 0 Å². The van der Waals surface area contributed by atoms with Crippen molar-refractivity contribution in [2.24, 2.45) is 0 Å². The van der Waals surface area contributed by atoms with Gasteiger partial charge in [-0.3, -0.25) is 0 Å². The first-order valence-corrected chi connectivity index (χ1v) is 6.17. The van der Waals surface area contributed by atoms with Gasteiger partial charge in [-0.05, 0) is 25.5 Å². The fourth-order valence-corrected chi connectivity index (χ4v) is 1.65. The van der Waals surface area contributed by atoms with Crippen LogP contribution in [0, 0.1) is 0 Å². The van der Waals surface area contributed by atoms with Gasteiger partial charge in [-0.25, -0.2) is 0 Å². The number of hydrogen-bond donors (Lipinski definition) is 1. The van der Waals surface area contributed by atoms with Crippen LogP contribution in [0.2, 0.25) is 0 Å². The highest BCUT2D eigenvalue weighted by Crippen LogP contribution is 2.21. The second-order valence-corrected chi connectivity index (χ2v) is 4.32. The molecule has 2 rings (SSSR count). The highest BCUT2D eigenvalue weighted by Gasteiger charge is 2.05. The molecule has 1 aromatic heterocycles. The molecule has 1 aromatic carbocycles. The summed E-state index contributed by atoms with van der Waals surface area (Å²) in [7, 11) is 0. The maximum atomic E-state index is 5.80. The minimum Gasteiger partial charge on any atom is -0.460 e. The van der Waals surface area contributed by atoms with Gasteiger partial charge in [0.15, 0.2) is 0 Å². The van der Waals surface area contributed by atoms with Crippen molar-refractivity contribution in [2.75, 3.05) is 0 Å². The third kappa shape index (κ3) is 3.21. The lowest BCUT2D eigenvalue weighted by Gasteiger charge is -2.08. The van der Waals surface area contributed by atoms with Crippen LogP contribution in [0.15, 0.2) is 46.9 Å². The molecule has 90 valence electrons. The molecule has 0 fully saturated rings. The summed E-state index contributed by atoms with van der Waals surface area (Å²) in [5.74, 6) is 1.93. The van der Waals surface area contributed by atoms with Gasteiger partial charge in [0.25, 0.3) is 0 Å². The first kappa shape index (κ1) is 11.9. The summed E-state index contributed by atoms with van der Waals surface area (Å²) < 4.78 is 5.80. The van der Waals surface area contributed by atoms with E-state index in [4.69, 9.17) is 4.42 Å². The van der Waals surface area contributed by atoms with Gasteiger partial charge in [0.1, 0.15) is 11.5 Å². The van der Waals surface area contributed by atoms with Crippen LogP contribution in [0.4, 0.5) is 0 Å². The first-order chi connectivity index (χ1) is 8.29. The topological polar surface area (TPSA) is 25.2 Å². The number of rotatable bonds is 5. The molecule has 0 saturated heterocycles. The van der Waals surface area contributed by atoms with Gasteiger partial charge >= 0.3 is 0 Å². The molecule has 0 bridgehead atoms. The van der Waals surface area contributed by atoms with Crippen molar-refractivity contribution >= 4 is 0 Å². The van der Waals surface area contributed by atoms with E-state index in [1.807, 2.05) is 30.3 Å². The molecule has 0 amide bonds. The summed E-state index contributed by atoms with van der Waals surface area (Å²) in [5, 5.41) is 3.42. The van der Waals surface area contributed by atoms with E-state index in [9.17, 15) is 0 Å². The van der Waals surface area contributed by atoms with Crippen LogP contribution in [0.25, 0.3) is 11.3 Å². The monoisotopic (exact) mass is 229 g/mol. The van der Waals surface area contributed by atoms with Gasteiger partial charge in [-0.15, -0.1) is 0 Å². The van der Waals surface area contributed by atoms with Gasteiger partial charge < -0.3 is 9.73 Å². The van der Waals surface area contributed by atoms with Gasteiger partial charge in [-0.2, -0.15) is 0 Å². The molecular weight excluding hydrogens is 210 g/mol. The quantitative estimate of drug-likeness (QED) is 0.842. The minimum atomic E-state index is 0.528. The zero-order valence-corrected chi connectivity index (χ0v) is 10.4. The van der Waals surface area contributed by atoms with E-state index in [1.165, 1.54) is 0 Å². The molecule has 0 saturated carbocycles. The Balaban J connectivity index is 2.01. The molecule has 1 atom stereocenters. The Morgan fingerprint density at radius 2 is 1.88 bits per heavy atom. The zero-order chi connectivity index (χ0) is 12.1. The average Bonchev–Trinajstić information content (AvgIpc) is 2.86. The molecule has 0 spiro atoms. The molecule has 1 N–H and O–H groups in total. The van der Waals surface area contributed by atoms with E-state index in [0.29, 0.717) is 6.04 Å². The predicted molar refractivity (Wildman–Crippen MR) is 70.7 cm³/mol. The second kappa shape index (κ2) is 5.69. The molecule has 0 aliphatic rings. The van der Waals surface area contributed by atoms with Crippen LogP contribution < -0.4 is 5.32 Å². The highest BCUT2D eigenvalue weighted by molar-refractivity contribution is 5.57.